The molecule has 0 aliphatic heterocycles. The second kappa shape index (κ2) is 8.84. The van der Waals surface area contributed by atoms with Crippen molar-refractivity contribution in [3.05, 3.63) is 95.6 Å². The van der Waals surface area contributed by atoms with Crippen molar-refractivity contribution in [2.75, 3.05) is 19.1 Å². The highest BCUT2D eigenvalue weighted by Gasteiger charge is 2.18. The summed E-state index contributed by atoms with van der Waals surface area (Å²) in [6.07, 6.45) is 0. The molecule has 0 saturated heterocycles. The van der Waals surface area contributed by atoms with Gasteiger partial charge in [0.2, 0.25) is 0 Å². The molecule has 0 aromatic heterocycles. The summed E-state index contributed by atoms with van der Waals surface area (Å²) in [7, 11) is 2.66. The first-order valence-electron chi connectivity index (χ1n) is 8.86. The van der Waals surface area contributed by atoms with Crippen LogP contribution in [0.15, 0.2) is 78.9 Å². The number of benzene rings is 3. The number of amidine groups is 1. The number of nitrogens with one attached hydrogen (secondary N) is 1. The monoisotopic (exact) mass is 388 g/mol. The highest BCUT2D eigenvalue weighted by atomic mass is 16.5. The third kappa shape index (κ3) is 4.32. The molecule has 0 heterocycles. The van der Waals surface area contributed by atoms with Gasteiger partial charge in [-0.1, -0.05) is 30.3 Å². The number of ether oxygens (including phenoxy) is 2. The van der Waals surface area contributed by atoms with Crippen LogP contribution in [-0.4, -0.2) is 32.0 Å². The van der Waals surface area contributed by atoms with Gasteiger partial charge in [0.05, 0.1) is 25.3 Å². The second-order valence-corrected chi connectivity index (χ2v) is 6.13. The Morgan fingerprint density at radius 3 is 1.45 bits per heavy atom. The fourth-order valence-electron chi connectivity index (χ4n) is 2.86. The number of rotatable bonds is 5. The number of hydrogen-bond acceptors (Lipinski definition) is 5. The van der Waals surface area contributed by atoms with Crippen LogP contribution in [0.1, 0.15) is 26.3 Å². The Morgan fingerprint density at radius 2 is 1.07 bits per heavy atom. The maximum absolute atomic E-state index is 11.7. The molecule has 29 heavy (non-hydrogen) atoms. The zero-order valence-electron chi connectivity index (χ0n) is 16.1. The van der Waals surface area contributed by atoms with Gasteiger partial charge in [0.15, 0.2) is 0 Å². The normalized spacial score (nSPS) is 10.1. The molecule has 0 atom stereocenters. The predicted molar refractivity (Wildman–Crippen MR) is 111 cm³/mol. The van der Waals surface area contributed by atoms with Gasteiger partial charge in [-0.3, -0.25) is 10.3 Å². The average molecular weight is 388 g/mol. The quantitative estimate of drug-likeness (QED) is 0.397. The lowest BCUT2D eigenvalue weighted by Crippen LogP contribution is -2.26. The van der Waals surface area contributed by atoms with E-state index in [0.29, 0.717) is 22.5 Å². The Bertz CT molecular complexity index is 954. The zero-order chi connectivity index (χ0) is 20.8. The van der Waals surface area contributed by atoms with Gasteiger partial charge in [0, 0.05) is 16.9 Å². The van der Waals surface area contributed by atoms with Gasteiger partial charge >= 0.3 is 11.9 Å². The first kappa shape index (κ1) is 19.8. The molecular weight excluding hydrogens is 368 g/mol. The zero-order valence-corrected chi connectivity index (χ0v) is 16.1. The molecule has 0 saturated carbocycles. The molecule has 0 radical (unpaired) electrons. The molecule has 3 aromatic rings. The van der Waals surface area contributed by atoms with Gasteiger partial charge in [0.25, 0.3) is 0 Å². The number of methoxy groups -OCH3 is 2. The summed E-state index contributed by atoms with van der Waals surface area (Å²) in [5.41, 5.74) is 2.95. The molecule has 0 aliphatic carbocycles. The minimum absolute atomic E-state index is 0.252. The number of anilines is 2. The molecule has 6 nitrogen and oxygen atoms in total. The fourth-order valence-corrected chi connectivity index (χ4v) is 2.86. The van der Waals surface area contributed by atoms with E-state index in [4.69, 9.17) is 14.9 Å². The maximum Gasteiger partial charge on any atom is 0.337 e. The van der Waals surface area contributed by atoms with Crippen molar-refractivity contribution < 1.29 is 19.1 Å². The van der Waals surface area contributed by atoms with Gasteiger partial charge in [-0.25, -0.2) is 9.59 Å². The summed E-state index contributed by atoms with van der Waals surface area (Å²) in [5.74, 6) is -0.602. The van der Waals surface area contributed by atoms with Crippen LogP contribution in [0.3, 0.4) is 0 Å². The van der Waals surface area contributed by atoms with Crippen molar-refractivity contribution in [3.63, 3.8) is 0 Å². The van der Waals surface area contributed by atoms with E-state index in [1.165, 1.54) is 14.2 Å². The molecule has 146 valence electrons. The van der Waals surface area contributed by atoms with Crippen LogP contribution in [0.5, 0.6) is 0 Å². The third-order valence-electron chi connectivity index (χ3n) is 4.36. The maximum atomic E-state index is 11.7. The molecule has 3 rings (SSSR count). The predicted octanol–water partition coefficient (Wildman–Crippen LogP) is 4.42. The first-order chi connectivity index (χ1) is 14.0. The summed E-state index contributed by atoms with van der Waals surface area (Å²) in [6.45, 7) is 0. The molecular formula is C23H20N2O4. The van der Waals surface area contributed by atoms with Gasteiger partial charge in [-0.05, 0) is 48.5 Å². The standard InChI is InChI=1S/C23H20N2O4/c1-28-22(26)17-8-12-19(13-9-17)25(21(24)16-6-4-3-5-7-16)20-14-10-18(11-15-20)23(27)29-2/h3-15,24H,1-2H3. The summed E-state index contributed by atoms with van der Waals surface area (Å²) >= 11 is 0. The van der Waals surface area contributed by atoms with Crippen molar-refractivity contribution in [3.8, 4) is 0 Å². The number of esters is 2. The summed E-state index contributed by atoms with van der Waals surface area (Å²) in [4.78, 5) is 25.2. The second-order valence-electron chi connectivity index (χ2n) is 6.13. The third-order valence-corrected chi connectivity index (χ3v) is 4.36. The average Bonchev–Trinajstić information content (AvgIpc) is 2.79. The number of carbonyl (C=O) groups is 2. The van der Waals surface area contributed by atoms with E-state index in [1.807, 2.05) is 30.3 Å². The summed E-state index contributed by atoms with van der Waals surface area (Å²) in [6, 6.07) is 22.9. The number of carbonyl (C=O) groups excluding carboxylic acids is 2. The highest BCUT2D eigenvalue weighted by molar-refractivity contribution is 6.12. The largest absolute Gasteiger partial charge is 0.465 e. The molecule has 0 spiro atoms. The van der Waals surface area contributed by atoms with Crippen molar-refractivity contribution in [2.24, 2.45) is 0 Å². The Balaban J connectivity index is 2.03. The molecule has 1 N–H and O–H groups in total. The lowest BCUT2D eigenvalue weighted by molar-refractivity contribution is 0.0592. The molecule has 0 unspecified atom stereocenters. The first-order valence-corrected chi connectivity index (χ1v) is 8.86. The molecule has 3 aromatic carbocycles. The van der Waals surface area contributed by atoms with E-state index in [2.05, 4.69) is 0 Å². The van der Waals surface area contributed by atoms with E-state index in [1.54, 1.807) is 53.4 Å². The molecule has 6 heteroatoms. The van der Waals surface area contributed by atoms with Crippen LogP contribution in [0, 0.1) is 5.41 Å². The Morgan fingerprint density at radius 1 is 0.655 bits per heavy atom. The van der Waals surface area contributed by atoms with Gasteiger partial charge < -0.3 is 9.47 Å². The number of hydrogen-bond donors (Lipinski definition) is 1. The Kier molecular flexibility index (Phi) is 6.04. The lowest BCUT2D eigenvalue weighted by Gasteiger charge is -2.26. The van der Waals surface area contributed by atoms with Crippen molar-refractivity contribution in [1.82, 2.24) is 0 Å². The van der Waals surface area contributed by atoms with Crippen LogP contribution in [0.2, 0.25) is 0 Å². The van der Waals surface area contributed by atoms with Crippen LogP contribution >= 0.6 is 0 Å². The molecule has 0 bridgehead atoms. The Labute approximate surface area is 168 Å². The highest BCUT2D eigenvalue weighted by Crippen LogP contribution is 2.28. The van der Waals surface area contributed by atoms with Crippen LogP contribution in [0.25, 0.3) is 0 Å². The van der Waals surface area contributed by atoms with E-state index in [0.717, 1.165) is 5.56 Å². The minimum atomic E-state index is -0.427. The van der Waals surface area contributed by atoms with Crippen LogP contribution in [-0.2, 0) is 9.47 Å². The van der Waals surface area contributed by atoms with Crippen molar-refractivity contribution >= 4 is 29.1 Å². The molecule has 0 fully saturated rings. The molecule has 0 aliphatic rings. The van der Waals surface area contributed by atoms with Crippen molar-refractivity contribution in [1.29, 1.82) is 5.41 Å². The topological polar surface area (TPSA) is 79.7 Å². The van der Waals surface area contributed by atoms with E-state index >= 15 is 0 Å². The van der Waals surface area contributed by atoms with E-state index in [9.17, 15) is 9.59 Å². The summed E-state index contributed by atoms with van der Waals surface area (Å²) < 4.78 is 9.49. The van der Waals surface area contributed by atoms with E-state index < -0.39 is 11.9 Å². The Hall–Kier alpha value is -3.93. The SMILES string of the molecule is COC(=O)c1ccc(N(C(=N)c2ccccc2)c2ccc(C(=O)OC)cc2)cc1. The molecule has 0 amide bonds. The van der Waals surface area contributed by atoms with Gasteiger partial charge in [-0.2, -0.15) is 0 Å². The minimum Gasteiger partial charge on any atom is -0.465 e. The smallest absolute Gasteiger partial charge is 0.337 e. The summed E-state index contributed by atoms with van der Waals surface area (Å²) in [5, 5.41) is 8.75. The van der Waals surface area contributed by atoms with E-state index in [-0.39, 0.29) is 5.84 Å². The number of nitrogens with zero attached hydrogens (tertiary/aromatic N) is 1. The van der Waals surface area contributed by atoms with Crippen molar-refractivity contribution in [2.45, 2.75) is 0 Å². The van der Waals surface area contributed by atoms with Gasteiger partial charge in [0.1, 0.15) is 5.84 Å². The van der Waals surface area contributed by atoms with Crippen LogP contribution < -0.4 is 4.90 Å². The van der Waals surface area contributed by atoms with Gasteiger partial charge in [-0.15, -0.1) is 0 Å². The lowest BCUT2D eigenvalue weighted by atomic mass is 10.1. The fraction of sp³-hybridized carbons (Fsp3) is 0.0870. The van der Waals surface area contributed by atoms with Crippen LogP contribution in [0.4, 0.5) is 11.4 Å².